The summed E-state index contributed by atoms with van der Waals surface area (Å²) in [5.41, 5.74) is 3.75. The van der Waals surface area contributed by atoms with Gasteiger partial charge in [0.15, 0.2) is 0 Å². The van der Waals surface area contributed by atoms with E-state index >= 15 is 0 Å². The average molecular weight is 335 g/mol. The average Bonchev–Trinajstić information content (AvgIpc) is 3.07. The molecule has 2 aromatic carbocycles. The fourth-order valence-corrected chi connectivity index (χ4v) is 2.54. The van der Waals surface area contributed by atoms with Crippen LogP contribution in [0.4, 0.5) is 5.69 Å². The second kappa shape index (κ2) is 6.65. The Morgan fingerprint density at radius 1 is 0.960 bits per heavy atom. The summed E-state index contributed by atoms with van der Waals surface area (Å²) in [4.78, 5) is 23.5. The molecule has 0 atom stereocenters. The summed E-state index contributed by atoms with van der Waals surface area (Å²) < 4.78 is 5.32. The van der Waals surface area contributed by atoms with E-state index in [1.165, 1.54) is 6.07 Å². The monoisotopic (exact) mass is 335 g/mol. The molecule has 5 heteroatoms. The van der Waals surface area contributed by atoms with E-state index < -0.39 is 5.97 Å². The molecule has 0 aliphatic rings. The van der Waals surface area contributed by atoms with Crippen molar-refractivity contribution < 1.29 is 19.1 Å². The molecule has 5 nitrogen and oxygen atoms in total. The molecule has 3 rings (SSSR count). The van der Waals surface area contributed by atoms with E-state index in [4.69, 9.17) is 9.52 Å². The molecule has 1 heterocycles. The smallest absolute Gasteiger partial charge is 0.371 e. The predicted molar refractivity (Wildman–Crippen MR) is 95.0 cm³/mol. The van der Waals surface area contributed by atoms with Gasteiger partial charge in [0.2, 0.25) is 5.76 Å². The maximum Gasteiger partial charge on any atom is 0.371 e. The largest absolute Gasteiger partial charge is 0.475 e. The first-order chi connectivity index (χ1) is 12.0. The van der Waals surface area contributed by atoms with Crippen LogP contribution in [0.5, 0.6) is 0 Å². The van der Waals surface area contributed by atoms with Gasteiger partial charge in [-0.1, -0.05) is 30.3 Å². The van der Waals surface area contributed by atoms with Crippen LogP contribution < -0.4 is 5.32 Å². The number of hydrogen-bond donors (Lipinski definition) is 2. The number of aryl methyl sites for hydroxylation is 2. The standard InChI is InChI=1S/C20H17NO4/c1-12-5-3-4-6-15(12)19(22)21-16-11-14(8-7-13(16)2)17-9-10-18(25-17)20(23)24/h3-11H,1-2H3,(H,21,22)(H,23,24). The number of aromatic carboxylic acids is 1. The SMILES string of the molecule is Cc1ccc(-c2ccc(C(=O)O)o2)cc1NC(=O)c1ccccc1C. The van der Waals surface area contributed by atoms with Crippen LogP contribution in [0.25, 0.3) is 11.3 Å². The maximum absolute atomic E-state index is 12.5. The summed E-state index contributed by atoms with van der Waals surface area (Å²) >= 11 is 0. The summed E-state index contributed by atoms with van der Waals surface area (Å²) in [6.07, 6.45) is 0. The Morgan fingerprint density at radius 3 is 2.40 bits per heavy atom. The molecule has 1 aromatic heterocycles. The minimum Gasteiger partial charge on any atom is -0.475 e. The van der Waals surface area contributed by atoms with Gasteiger partial charge in [0.25, 0.3) is 5.91 Å². The van der Waals surface area contributed by atoms with Crippen LogP contribution in [-0.4, -0.2) is 17.0 Å². The van der Waals surface area contributed by atoms with E-state index in [2.05, 4.69) is 5.32 Å². The van der Waals surface area contributed by atoms with Crippen LogP contribution in [-0.2, 0) is 0 Å². The summed E-state index contributed by atoms with van der Waals surface area (Å²) in [5.74, 6) is -1.000. The third kappa shape index (κ3) is 3.45. The number of furan rings is 1. The van der Waals surface area contributed by atoms with Crippen molar-refractivity contribution in [2.75, 3.05) is 5.32 Å². The zero-order valence-electron chi connectivity index (χ0n) is 13.9. The molecule has 2 N–H and O–H groups in total. The summed E-state index contributed by atoms with van der Waals surface area (Å²) in [6.45, 7) is 3.77. The van der Waals surface area contributed by atoms with E-state index in [9.17, 15) is 9.59 Å². The Morgan fingerprint density at radius 2 is 1.72 bits per heavy atom. The van der Waals surface area contributed by atoms with Gasteiger partial charge in [0, 0.05) is 16.8 Å². The highest BCUT2D eigenvalue weighted by Gasteiger charge is 2.13. The maximum atomic E-state index is 12.5. The second-order valence-electron chi connectivity index (χ2n) is 5.77. The molecule has 0 aliphatic heterocycles. The van der Waals surface area contributed by atoms with Gasteiger partial charge in [-0.05, 0) is 49.2 Å². The first-order valence-electron chi connectivity index (χ1n) is 7.77. The van der Waals surface area contributed by atoms with E-state index in [0.29, 0.717) is 22.6 Å². The van der Waals surface area contributed by atoms with Crippen molar-refractivity contribution in [3.8, 4) is 11.3 Å². The number of carbonyl (C=O) groups is 2. The van der Waals surface area contributed by atoms with Crippen LogP contribution >= 0.6 is 0 Å². The molecule has 0 saturated carbocycles. The van der Waals surface area contributed by atoms with Gasteiger partial charge in [0.05, 0.1) is 0 Å². The van der Waals surface area contributed by atoms with Gasteiger partial charge >= 0.3 is 5.97 Å². The molecular weight excluding hydrogens is 318 g/mol. The quantitative estimate of drug-likeness (QED) is 0.735. The molecule has 0 radical (unpaired) electrons. The Kier molecular flexibility index (Phi) is 4.39. The van der Waals surface area contributed by atoms with Crippen molar-refractivity contribution in [1.29, 1.82) is 0 Å². The molecule has 0 saturated heterocycles. The lowest BCUT2D eigenvalue weighted by molar-refractivity contribution is 0.0663. The zero-order valence-corrected chi connectivity index (χ0v) is 13.9. The molecule has 3 aromatic rings. The van der Waals surface area contributed by atoms with Crippen molar-refractivity contribution in [3.05, 3.63) is 77.0 Å². The predicted octanol–water partition coefficient (Wildman–Crippen LogP) is 4.51. The highest BCUT2D eigenvalue weighted by atomic mass is 16.4. The van der Waals surface area contributed by atoms with Crippen molar-refractivity contribution in [1.82, 2.24) is 0 Å². The van der Waals surface area contributed by atoms with E-state index in [1.54, 1.807) is 18.2 Å². The number of amides is 1. The highest BCUT2D eigenvalue weighted by molar-refractivity contribution is 6.05. The van der Waals surface area contributed by atoms with Gasteiger partial charge in [-0.2, -0.15) is 0 Å². The Balaban J connectivity index is 1.90. The van der Waals surface area contributed by atoms with Crippen LogP contribution in [0, 0.1) is 13.8 Å². The number of carboxylic acids is 1. The normalized spacial score (nSPS) is 10.5. The lowest BCUT2D eigenvalue weighted by atomic mass is 10.1. The zero-order chi connectivity index (χ0) is 18.0. The van der Waals surface area contributed by atoms with Crippen molar-refractivity contribution >= 4 is 17.6 Å². The lowest BCUT2D eigenvalue weighted by Gasteiger charge is -2.11. The molecule has 0 bridgehead atoms. The van der Waals surface area contributed by atoms with Crippen molar-refractivity contribution in [3.63, 3.8) is 0 Å². The minimum atomic E-state index is -1.12. The van der Waals surface area contributed by atoms with Gasteiger partial charge < -0.3 is 14.8 Å². The fourth-order valence-electron chi connectivity index (χ4n) is 2.54. The number of nitrogens with one attached hydrogen (secondary N) is 1. The van der Waals surface area contributed by atoms with Crippen molar-refractivity contribution in [2.45, 2.75) is 13.8 Å². The molecule has 25 heavy (non-hydrogen) atoms. The van der Waals surface area contributed by atoms with Crippen LogP contribution in [0.1, 0.15) is 32.0 Å². The Bertz CT molecular complexity index is 956. The number of carboxylic acid groups (broad SMARTS) is 1. The van der Waals surface area contributed by atoms with Crippen LogP contribution in [0.3, 0.4) is 0 Å². The van der Waals surface area contributed by atoms with Gasteiger partial charge in [-0.15, -0.1) is 0 Å². The molecule has 0 spiro atoms. The third-order valence-corrected chi connectivity index (χ3v) is 3.98. The van der Waals surface area contributed by atoms with Gasteiger partial charge in [0.1, 0.15) is 5.76 Å². The topological polar surface area (TPSA) is 79.5 Å². The molecule has 1 amide bonds. The molecular formula is C20H17NO4. The number of hydrogen-bond acceptors (Lipinski definition) is 3. The van der Waals surface area contributed by atoms with E-state index in [0.717, 1.165) is 11.1 Å². The summed E-state index contributed by atoms with van der Waals surface area (Å²) in [5, 5.41) is 11.9. The first kappa shape index (κ1) is 16.5. The number of anilines is 1. The number of benzene rings is 2. The number of rotatable bonds is 4. The molecule has 0 unspecified atom stereocenters. The first-order valence-corrected chi connectivity index (χ1v) is 7.77. The molecule has 0 fully saturated rings. The van der Waals surface area contributed by atoms with Crippen LogP contribution in [0.2, 0.25) is 0 Å². The Hall–Kier alpha value is -3.34. The minimum absolute atomic E-state index is 0.124. The number of carbonyl (C=O) groups excluding carboxylic acids is 1. The second-order valence-corrected chi connectivity index (χ2v) is 5.77. The fraction of sp³-hybridized carbons (Fsp3) is 0.100. The summed E-state index contributed by atoms with van der Waals surface area (Å²) in [6, 6.07) is 15.8. The van der Waals surface area contributed by atoms with Gasteiger partial charge in [-0.25, -0.2) is 4.79 Å². The summed E-state index contributed by atoms with van der Waals surface area (Å²) in [7, 11) is 0. The van der Waals surface area contributed by atoms with Gasteiger partial charge in [-0.3, -0.25) is 4.79 Å². The van der Waals surface area contributed by atoms with E-state index in [1.807, 2.05) is 44.2 Å². The third-order valence-electron chi connectivity index (χ3n) is 3.98. The van der Waals surface area contributed by atoms with E-state index in [-0.39, 0.29) is 11.7 Å². The Labute approximate surface area is 144 Å². The highest BCUT2D eigenvalue weighted by Crippen LogP contribution is 2.27. The van der Waals surface area contributed by atoms with Crippen molar-refractivity contribution in [2.24, 2.45) is 0 Å². The lowest BCUT2D eigenvalue weighted by Crippen LogP contribution is -2.14. The van der Waals surface area contributed by atoms with Crippen LogP contribution in [0.15, 0.2) is 59.0 Å². The molecule has 126 valence electrons. The molecule has 0 aliphatic carbocycles.